The minimum Gasteiger partial charge on any atom is -0.298 e. The third kappa shape index (κ3) is 2.19. The second kappa shape index (κ2) is 5.30. The molecular weight excluding hydrogens is 377 g/mol. The molecule has 0 aromatic heterocycles. The van der Waals surface area contributed by atoms with E-state index in [-0.39, 0.29) is 6.04 Å². The molecule has 5 heteroatoms. The van der Waals surface area contributed by atoms with Crippen LogP contribution in [0.4, 0.5) is 0 Å². The van der Waals surface area contributed by atoms with Gasteiger partial charge in [0.1, 0.15) is 5.78 Å². The largest absolute Gasteiger partial charge is 0.298 e. The molecule has 0 aliphatic carbocycles. The Hall–Kier alpha value is 0.800. The lowest BCUT2D eigenvalue weighted by atomic mass is 10.0. The average molecular weight is 395 g/mol. The van der Waals surface area contributed by atoms with Crippen LogP contribution in [0.3, 0.4) is 0 Å². The summed E-state index contributed by atoms with van der Waals surface area (Å²) in [7, 11) is 0. The van der Waals surface area contributed by atoms with Crippen LogP contribution in [-0.2, 0) is 4.79 Å². The molecule has 3 rings (SSSR count). The van der Waals surface area contributed by atoms with E-state index in [1.54, 1.807) is 0 Å². The fourth-order valence-electron chi connectivity index (χ4n) is 3.39. The molecule has 2 bridgehead atoms. The van der Waals surface area contributed by atoms with E-state index < -0.39 is 0 Å². The molecule has 3 fully saturated rings. The third-order valence-electron chi connectivity index (χ3n) is 4.25. The van der Waals surface area contributed by atoms with Crippen molar-refractivity contribution < 1.29 is 4.79 Å². The van der Waals surface area contributed by atoms with Crippen molar-refractivity contribution in [1.29, 1.82) is 0 Å². The van der Waals surface area contributed by atoms with Crippen LogP contribution >= 0.6 is 46.1 Å². The first-order valence-corrected chi connectivity index (χ1v) is 9.58. The highest BCUT2D eigenvalue weighted by Crippen LogP contribution is 2.58. The second-order valence-electron chi connectivity index (χ2n) is 5.16. The Labute approximate surface area is 131 Å². The zero-order chi connectivity index (χ0) is 12.8. The molecule has 3 aliphatic heterocycles. The number of hydrogen-bond donors (Lipinski definition) is 0. The number of nitrogens with zero attached hydrogens (tertiary/aromatic N) is 1. The van der Waals surface area contributed by atoms with Gasteiger partial charge in [-0.1, -0.05) is 6.08 Å². The van der Waals surface area contributed by atoms with Crippen LogP contribution in [0.2, 0.25) is 0 Å². The Morgan fingerprint density at radius 2 is 2.28 bits per heavy atom. The third-order valence-corrected chi connectivity index (χ3v) is 8.85. The minimum absolute atomic E-state index is 0.201. The lowest BCUT2D eigenvalue weighted by molar-refractivity contribution is -0.126. The minimum atomic E-state index is 0.201. The number of fused-ring (bicyclic) bond motifs is 3. The van der Waals surface area contributed by atoms with Crippen molar-refractivity contribution in [2.45, 2.75) is 42.3 Å². The van der Waals surface area contributed by atoms with Crippen LogP contribution in [-0.4, -0.2) is 44.9 Å². The van der Waals surface area contributed by atoms with Gasteiger partial charge < -0.3 is 0 Å². The Bertz CT molecular complexity index is 392. The molecule has 100 valence electrons. The fourth-order valence-corrected chi connectivity index (χ4v) is 7.42. The second-order valence-corrected chi connectivity index (χ2v) is 9.65. The Balaban J connectivity index is 1.87. The van der Waals surface area contributed by atoms with Crippen molar-refractivity contribution in [2.75, 3.05) is 18.1 Å². The fraction of sp³-hybridized carbons (Fsp3) is 0.769. The summed E-state index contributed by atoms with van der Waals surface area (Å²) in [4.78, 5) is 14.7. The van der Waals surface area contributed by atoms with Crippen LogP contribution in [0.25, 0.3) is 0 Å². The summed E-state index contributed by atoms with van der Waals surface area (Å²) in [6.07, 6.45) is 5.13. The van der Waals surface area contributed by atoms with Gasteiger partial charge in [-0.25, -0.2) is 0 Å². The number of allylic oxidation sites excluding steroid dienone is 1. The molecule has 3 aliphatic rings. The van der Waals surface area contributed by atoms with Gasteiger partial charge >= 0.3 is 0 Å². The Kier molecular flexibility index (Phi) is 4.05. The highest BCUT2D eigenvalue weighted by molar-refractivity contribution is 14.1. The Morgan fingerprint density at radius 3 is 2.94 bits per heavy atom. The summed E-state index contributed by atoms with van der Waals surface area (Å²) < 4.78 is 1.70. The van der Waals surface area contributed by atoms with Crippen molar-refractivity contribution in [2.24, 2.45) is 0 Å². The van der Waals surface area contributed by atoms with E-state index >= 15 is 0 Å². The van der Waals surface area contributed by atoms with Crippen LogP contribution in [0, 0.1) is 0 Å². The summed E-state index contributed by atoms with van der Waals surface area (Å²) in [6.45, 7) is 3.06. The van der Waals surface area contributed by atoms with Gasteiger partial charge in [-0.05, 0) is 42.4 Å². The number of ketones is 1. The monoisotopic (exact) mass is 395 g/mol. The quantitative estimate of drug-likeness (QED) is 0.669. The molecule has 0 saturated carbocycles. The van der Waals surface area contributed by atoms with Crippen LogP contribution in [0.15, 0.2) is 9.66 Å². The molecule has 3 saturated heterocycles. The summed E-state index contributed by atoms with van der Waals surface area (Å²) in [5.41, 5.74) is 0. The van der Waals surface area contributed by atoms with Crippen molar-refractivity contribution >= 4 is 51.9 Å². The molecule has 3 heterocycles. The number of piperidine rings is 1. The maximum absolute atomic E-state index is 12.2. The number of hydrogen-bond acceptors (Lipinski definition) is 4. The van der Waals surface area contributed by atoms with Gasteiger partial charge in [0.15, 0.2) is 0 Å². The van der Waals surface area contributed by atoms with Crippen molar-refractivity contribution in [3.63, 3.8) is 0 Å². The van der Waals surface area contributed by atoms with E-state index in [0.717, 1.165) is 25.8 Å². The van der Waals surface area contributed by atoms with Gasteiger partial charge in [-0.3, -0.25) is 9.69 Å². The summed E-state index contributed by atoms with van der Waals surface area (Å²) in [5, 5.41) is 0. The zero-order valence-electron chi connectivity index (χ0n) is 10.5. The smallest absolute Gasteiger partial charge is 0.150 e. The first kappa shape index (κ1) is 13.8. The van der Waals surface area contributed by atoms with E-state index in [1.165, 1.54) is 15.1 Å². The lowest BCUT2D eigenvalue weighted by Crippen LogP contribution is -2.48. The molecule has 0 aromatic rings. The maximum atomic E-state index is 12.2. The van der Waals surface area contributed by atoms with Gasteiger partial charge in [0.2, 0.25) is 0 Å². The number of Topliss-reactive ketones (excluding diaryl/α,β-unsaturated/α-hetero) is 1. The summed E-state index contributed by atoms with van der Waals surface area (Å²) >= 11 is 6.64. The number of rotatable bonds is 2. The van der Waals surface area contributed by atoms with Gasteiger partial charge in [0, 0.05) is 34.1 Å². The van der Waals surface area contributed by atoms with Gasteiger partial charge in [0.05, 0.1) is 10.1 Å². The molecule has 0 amide bonds. The molecule has 1 spiro atoms. The molecule has 2 unspecified atom stereocenters. The number of halogens is 1. The van der Waals surface area contributed by atoms with Crippen molar-refractivity contribution in [3.8, 4) is 0 Å². The average Bonchev–Trinajstić information content (AvgIpc) is 2.90. The molecular formula is C13H18INOS2. The number of carbonyl (C=O) groups excluding carboxylic acids is 1. The molecule has 0 aromatic carbocycles. The van der Waals surface area contributed by atoms with Gasteiger partial charge in [0.25, 0.3) is 0 Å². The highest BCUT2D eigenvalue weighted by Gasteiger charge is 2.58. The summed E-state index contributed by atoms with van der Waals surface area (Å²) in [5.74, 6) is 3.00. The van der Waals surface area contributed by atoms with Gasteiger partial charge in [-0.15, -0.1) is 23.5 Å². The van der Waals surface area contributed by atoms with E-state index in [0.29, 0.717) is 15.9 Å². The topological polar surface area (TPSA) is 20.3 Å². The van der Waals surface area contributed by atoms with Crippen molar-refractivity contribution in [3.05, 3.63) is 9.66 Å². The SMILES string of the molecule is C/C=C(\I)CN1C2CC3(SCCS3)C1CCC2=O. The predicted molar refractivity (Wildman–Crippen MR) is 88.6 cm³/mol. The van der Waals surface area contributed by atoms with Crippen molar-refractivity contribution in [1.82, 2.24) is 4.90 Å². The number of thioether (sulfide) groups is 2. The molecule has 0 radical (unpaired) electrons. The van der Waals surface area contributed by atoms with Crippen LogP contribution < -0.4 is 0 Å². The van der Waals surface area contributed by atoms with Gasteiger partial charge in [-0.2, -0.15) is 0 Å². The Morgan fingerprint density at radius 1 is 1.56 bits per heavy atom. The molecule has 2 nitrogen and oxygen atoms in total. The normalized spacial score (nSPS) is 35.7. The van der Waals surface area contributed by atoms with E-state index in [9.17, 15) is 4.79 Å². The molecule has 2 atom stereocenters. The van der Waals surface area contributed by atoms with E-state index in [2.05, 4.69) is 64.0 Å². The first-order valence-electron chi connectivity index (χ1n) is 6.53. The van der Waals surface area contributed by atoms with Crippen LogP contribution in [0.5, 0.6) is 0 Å². The standard InChI is InChI=1S/C13H18INOS2/c1-2-9(14)8-15-10-7-13(17-5-6-18-13)12(15)4-3-11(10)16/h2,10,12H,3-8H2,1H3/b9-2-. The first-order chi connectivity index (χ1) is 8.66. The number of carbonyl (C=O) groups is 1. The predicted octanol–water partition coefficient (Wildman–Crippen LogP) is 3.31. The van der Waals surface area contributed by atoms with Crippen LogP contribution in [0.1, 0.15) is 26.2 Å². The molecule has 0 N–H and O–H groups in total. The maximum Gasteiger partial charge on any atom is 0.150 e. The van der Waals surface area contributed by atoms with E-state index in [1.807, 2.05) is 0 Å². The van der Waals surface area contributed by atoms with E-state index in [4.69, 9.17) is 0 Å². The lowest BCUT2D eigenvalue weighted by Gasteiger charge is -2.37. The molecule has 18 heavy (non-hydrogen) atoms. The zero-order valence-corrected chi connectivity index (χ0v) is 14.3. The highest BCUT2D eigenvalue weighted by atomic mass is 127. The summed E-state index contributed by atoms with van der Waals surface area (Å²) in [6, 6.07) is 0.814.